The number of pyridine rings is 1. The van der Waals surface area contributed by atoms with Gasteiger partial charge in [-0.1, -0.05) is 0 Å². The molecule has 6 heteroatoms. The van der Waals surface area contributed by atoms with Gasteiger partial charge in [0.25, 0.3) is 11.6 Å². The van der Waals surface area contributed by atoms with Crippen LogP contribution in [0, 0.1) is 5.41 Å². The summed E-state index contributed by atoms with van der Waals surface area (Å²) in [7, 11) is 1.79. The molecular weight excluding hydrogens is 322 g/mol. The van der Waals surface area contributed by atoms with E-state index in [0.29, 0.717) is 17.6 Å². The summed E-state index contributed by atoms with van der Waals surface area (Å²) in [6.45, 7) is 7.08. The molecule has 0 atom stereocenters. The molecule has 1 aliphatic rings. The largest absolute Gasteiger partial charge is 0.460 e. The van der Waals surface area contributed by atoms with E-state index < -0.39 is 0 Å². The number of ether oxygens (including phenoxy) is 1. The fraction of sp³-hybridized carbons (Fsp3) is 0.571. The molecule has 20 heavy (non-hydrogen) atoms. The van der Waals surface area contributed by atoms with E-state index in [1.165, 1.54) is 0 Å². The van der Waals surface area contributed by atoms with Crippen molar-refractivity contribution in [2.24, 2.45) is 7.05 Å². The third-order valence-corrected chi connectivity index (χ3v) is 3.82. The van der Waals surface area contributed by atoms with E-state index >= 15 is 0 Å². The Morgan fingerprint density at radius 1 is 1.45 bits per heavy atom. The Bertz CT molecular complexity index is 602. The lowest BCUT2D eigenvalue weighted by Gasteiger charge is -2.33. The highest BCUT2D eigenvalue weighted by Gasteiger charge is 2.25. The Hall–Kier alpha value is -1.30. The van der Waals surface area contributed by atoms with Gasteiger partial charge < -0.3 is 14.2 Å². The molecular formula is C14H20BrN3O2. The predicted octanol–water partition coefficient (Wildman–Crippen LogP) is 2.26. The molecule has 0 radical (unpaired) electrons. The number of fused-ring (bicyclic) bond motifs is 1. The smallest absolute Gasteiger partial charge is 0.285 e. The van der Waals surface area contributed by atoms with Gasteiger partial charge in [0.15, 0.2) is 0 Å². The van der Waals surface area contributed by atoms with Gasteiger partial charge in [-0.25, -0.2) is 0 Å². The van der Waals surface area contributed by atoms with Gasteiger partial charge in [-0.2, -0.15) is 0 Å². The van der Waals surface area contributed by atoms with E-state index in [0.717, 1.165) is 17.7 Å². The van der Waals surface area contributed by atoms with Crippen LogP contribution < -0.4 is 5.56 Å². The van der Waals surface area contributed by atoms with Crippen LogP contribution in [0.1, 0.15) is 32.0 Å². The van der Waals surface area contributed by atoms with Gasteiger partial charge in [0.1, 0.15) is 5.60 Å². The first kappa shape index (κ1) is 15.1. The Morgan fingerprint density at radius 3 is 2.70 bits per heavy atom. The summed E-state index contributed by atoms with van der Waals surface area (Å²) in [5, 5.41) is 8.05. The second-order valence-electron chi connectivity index (χ2n) is 6.02. The summed E-state index contributed by atoms with van der Waals surface area (Å²) < 4.78 is 7.85. The van der Waals surface area contributed by atoms with Crippen molar-refractivity contribution in [2.75, 3.05) is 6.54 Å². The van der Waals surface area contributed by atoms with E-state index in [4.69, 9.17) is 10.1 Å². The van der Waals surface area contributed by atoms with Gasteiger partial charge in [-0.15, -0.1) is 0 Å². The monoisotopic (exact) mass is 341 g/mol. The molecule has 2 heterocycles. The highest BCUT2D eigenvalue weighted by Crippen LogP contribution is 2.21. The predicted molar refractivity (Wildman–Crippen MR) is 82.1 cm³/mol. The normalized spacial score (nSPS) is 14.9. The summed E-state index contributed by atoms with van der Waals surface area (Å²) in [4.78, 5) is 13.8. The molecule has 1 N–H and O–H groups in total. The summed E-state index contributed by atoms with van der Waals surface area (Å²) in [5.41, 5.74) is 1.71. The zero-order chi connectivity index (χ0) is 15.1. The zero-order valence-corrected chi connectivity index (χ0v) is 13.9. The van der Waals surface area contributed by atoms with Gasteiger partial charge in [-0.05, 0) is 48.3 Å². The number of nitrogens with zero attached hydrogens (tertiary/aromatic N) is 2. The molecule has 0 fully saturated rings. The van der Waals surface area contributed by atoms with E-state index in [-0.39, 0.29) is 17.2 Å². The maximum atomic E-state index is 11.9. The number of aromatic nitrogens is 1. The number of halogens is 1. The lowest BCUT2D eigenvalue weighted by atomic mass is 10.1. The third-order valence-electron chi connectivity index (χ3n) is 3.26. The van der Waals surface area contributed by atoms with Crippen molar-refractivity contribution in [1.29, 1.82) is 5.41 Å². The topological polar surface area (TPSA) is 58.3 Å². The first-order valence-electron chi connectivity index (χ1n) is 6.59. The standard InChI is InChI=1S/C14H20BrN3O2/c1-14(2,3)20-13(16)18-6-5-11-9(8-18)7-10(15)12(19)17(11)4/h7,16H,5-6,8H2,1-4H3. The van der Waals surface area contributed by atoms with Crippen molar-refractivity contribution < 1.29 is 4.74 Å². The summed E-state index contributed by atoms with van der Waals surface area (Å²) in [6, 6.07) is 2.04. The molecule has 0 saturated heterocycles. The maximum absolute atomic E-state index is 11.9. The molecule has 0 saturated carbocycles. The second-order valence-corrected chi connectivity index (χ2v) is 6.87. The maximum Gasteiger partial charge on any atom is 0.285 e. The quantitative estimate of drug-likeness (QED) is 0.581. The van der Waals surface area contributed by atoms with Crippen LogP contribution >= 0.6 is 15.9 Å². The Balaban J connectivity index is 2.24. The lowest BCUT2D eigenvalue weighted by molar-refractivity contribution is 0.0819. The molecule has 0 aliphatic carbocycles. The Labute approximate surface area is 127 Å². The zero-order valence-electron chi connectivity index (χ0n) is 12.3. The summed E-state index contributed by atoms with van der Waals surface area (Å²) in [6.07, 6.45) is 0.740. The molecule has 5 nitrogen and oxygen atoms in total. The number of rotatable bonds is 0. The van der Waals surface area contributed by atoms with Gasteiger partial charge in [0, 0.05) is 32.3 Å². The number of amidine groups is 1. The molecule has 2 rings (SSSR count). The first-order chi connectivity index (χ1) is 9.19. The fourth-order valence-corrected chi connectivity index (χ4v) is 2.86. The Morgan fingerprint density at radius 2 is 2.10 bits per heavy atom. The van der Waals surface area contributed by atoms with Crippen molar-refractivity contribution in [3.8, 4) is 0 Å². The SMILES string of the molecule is Cn1c2c(cc(Br)c1=O)CN(C(=N)OC(C)(C)C)CC2. The molecule has 0 amide bonds. The molecule has 1 aromatic rings. The van der Waals surface area contributed by atoms with Crippen LogP contribution in [0.4, 0.5) is 0 Å². The van der Waals surface area contributed by atoms with Crippen LogP contribution in [0.25, 0.3) is 0 Å². The second kappa shape index (κ2) is 5.24. The molecule has 1 aliphatic heterocycles. The molecule has 0 spiro atoms. The molecule has 0 bridgehead atoms. The van der Waals surface area contributed by atoms with E-state index in [1.807, 2.05) is 31.7 Å². The summed E-state index contributed by atoms with van der Waals surface area (Å²) >= 11 is 3.29. The van der Waals surface area contributed by atoms with Crippen molar-refractivity contribution >= 4 is 22.0 Å². The van der Waals surface area contributed by atoms with Crippen LogP contribution in [0.15, 0.2) is 15.3 Å². The first-order valence-corrected chi connectivity index (χ1v) is 7.38. The average molecular weight is 342 g/mol. The van der Waals surface area contributed by atoms with Gasteiger partial charge in [-0.3, -0.25) is 10.2 Å². The molecule has 0 aromatic carbocycles. The van der Waals surface area contributed by atoms with Crippen molar-refractivity contribution in [2.45, 2.75) is 39.3 Å². The highest BCUT2D eigenvalue weighted by atomic mass is 79.9. The number of hydrogen-bond donors (Lipinski definition) is 1. The van der Waals surface area contributed by atoms with Crippen molar-refractivity contribution in [3.05, 3.63) is 32.2 Å². The number of nitrogens with one attached hydrogen (secondary N) is 1. The van der Waals surface area contributed by atoms with Crippen LogP contribution in [0.2, 0.25) is 0 Å². The average Bonchev–Trinajstić information content (AvgIpc) is 2.33. The lowest BCUT2D eigenvalue weighted by Crippen LogP contribution is -2.42. The molecule has 1 aromatic heterocycles. The van der Waals surface area contributed by atoms with Crippen LogP contribution in [0.3, 0.4) is 0 Å². The van der Waals surface area contributed by atoms with Crippen molar-refractivity contribution in [1.82, 2.24) is 9.47 Å². The third kappa shape index (κ3) is 3.06. The van der Waals surface area contributed by atoms with Crippen molar-refractivity contribution in [3.63, 3.8) is 0 Å². The minimum atomic E-state index is -0.374. The van der Waals surface area contributed by atoms with Crippen LogP contribution in [-0.4, -0.2) is 27.6 Å². The molecule has 110 valence electrons. The minimum absolute atomic E-state index is 0.0155. The van der Waals surface area contributed by atoms with E-state index in [9.17, 15) is 4.79 Å². The number of hydrogen-bond acceptors (Lipinski definition) is 3. The van der Waals surface area contributed by atoms with E-state index in [1.54, 1.807) is 11.6 Å². The van der Waals surface area contributed by atoms with Gasteiger partial charge >= 0.3 is 0 Å². The fourth-order valence-electron chi connectivity index (χ4n) is 2.31. The molecule has 0 unspecified atom stereocenters. The highest BCUT2D eigenvalue weighted by molar-refractivity contribution is 9.10. The van der Waals surface area contributed by atoms with Gasteiger partial charge in [0.05, 0.1) is 4.47 Å². The van der Waals surface area contributed by atoms with Gasteiger partial charge in [0.2, 0.25) is 0 Å². The Kier molecular flexibility index (Phi) is 3.95. The minimum Gasteiger partial charge on any atom is -0.460 e. The van der Waals surface area contributed by atoms with Crippen LogP contribution in [-0.2, 0) is 24.8 Å². The van der Waals surface area contributed by atoms with Crippen LogP contribution in [0.5, 0.6) is 0 Å². The van der Waals surface area contributed by atoms with E-state index in [2.05, 4.69) is 15.9 Å². The summed E-state index contributed by atoms with van der Waals surface area (Å²) in [5.74, 6) is 0.